The summed E-state index contributed by atoms with van der Waals surface area (Å²) in [6.07, 6.45) is -2.34. The van der Waals surface area contributed by atoms with Crippen molar-refractivity contribution in [2.45, 2.75) is 31.2 Å². The molecule has 6 nitrogen and oxygen atoms in total. The Kier molecular flexibility index (Phi) is 2.84. The van der Waals surface area contributed by atoms with Crippen molar-refractivity contribution in [3.05, 3.63) is 0 Å². The fraction of sp³-hybridized carbons (Fsp3) is 0.714. The Labute approximate surface area is 74.8 Å². The van der Waals surface area contributed by atoms with Crippen LogP contribution in [0.1, 0.15) is 12.8 Å². The van der Waals surface area contributed by atoms with Gasteiger partial charge in [-0.25, -0.2) is 0 Å². The van der Waals surface area contributed by atoms with Crippen molar-refractivity contribution in [1.82, 2.24) is 0 Å². The number of carbonyl (C=O) groups is 2. The first kappa shape index (κ1) is 9.94. The van der Waals surface area contributed by atoms with Crippen LogP contribution in [0.4, 0.5) is 0 Å². The molecule has 0 aromatic rings. The lowest BCUT2D eigenvalue weighted by Crippen LogP contribution is -2.47. The van der Waals surface area contributed by atoms with E-state index >= 15 is 0 Å². The molecule has 1 saturated heterocycles. The molecule has 0 radical (unpaired) electrons. The molecule has 0 spiro atoms. The van der Waals surface area contributed by atoms with E-state index in [1.165, 1.54) is 0 Å². The van der Waals surface area contributed by atoms with Crippen LogP contribution in [-0.4, -0.2) is 35.2 Å². The zero-order valence-corrected chi connectivity index (χ0v) is 6.97. The van der Waals surface area contributed by atoms with Gasteiger partial charge < -0.3 is 21.3 Å². The topological polar surface area (TPSA) is 116 Å². The number of aliphatic hydroxyl groups excluding tert-OH is 1. The molecule has 1 aliphatic heterocycles. The van der Waals surface area contributed by atoms with Crippen LogP contribution >= 0.6 is 0 Å². The Morgan fingerprint density at radius 1 is 1.15 bits per heavy atom. The molecule has 74 valence electrons. The largest absolute Gasteiger partial charge is 0.393 e. The molecule has 6 heteroatoms. The first-order valence-electron chi connectivity index (χ1n) is 3.93. The van der Waals surface area contributed by atoms with Crippen molar-refractivity contribution in [2.75, 3.05) is 0 Å². The second kappa shape index (κ2) is 3.71. The summed E-state index contributed by atoms with van der Waals surface area (Å²) in [5, 5.41) is 9.25. The van der Waals surface area contributed by atoms with E-state index in [4.69, 9.17) is 16.2 Å². The highest BCUT2D eigenvalue weighted by atomic mass is 16.5. The molecule has 13 heavy (non-hydrogen) atoms. The number of carbonyl (C=O) groups excluding carboxylic acids is 2. The van der Waals surface area contributed by atoms with Crippen LogP contribution < -0.4 is 11.5 Å². The average molecular weight is 188 g/mol. The number of aliphatic hydroxyl groups is 1. The fourth-order valence-corrected chi connectivity index (χ4v) is 1.27. The van der Waals surface area contributed by atoms with Gasteiger partial charge >= 0.3 is 0 Å². The Morgan fingerprint density at radius 3 is 1.85 bits per heavy atom. The van der Waals surface area contributed by atoms with Crippen LogP contribution in [0.5, 0.6) is 0 Å². The molecule has 0 saturated carbocycles. The lowest BCUT2D eigenvalue weighted by Gasteiger charge is -2.29. The van der Waals surface area contributed by atoms with Gasteiger partial charge in [-0.3, -0.25) is 9.59 Å². The Hall–Kier alpha value is -1.14. The highest BCUT2D eigenvalue weighted by molar-refractivity contribution is 5.82. The van der Waals surface area contributed by atoms with E-state index in [0.717, 1.165) is 0 Å². The average Bonchev–Trinajstić information content (AvgIpc) is 2.03. The summed E-state index contributed by atoms with van der Waals surface area (Å²) in [6, 6.07) is 0. The van der Waals surface area contributed by atoms with E-state index in [1.54, 1.807) is 0 Å². The monoisotopic (exact) mass is 188 g/mol. The van der Waals surface area contributed by atoms with Crippen molar-refractivity contribution < 1.29 is 19.4 Å². The summed E-state index contributed by atoms with van der Waals surface area (Å²) >= 11 is 0. The van der Waals surface area contributed by atoms with Gasteiger partial charge in [-0.2, -0.15) is 0 Å². The van der Waals surface area contributed by atoms with E-state index < -0.39 is 30.1 Å². The maximum absolute atomic E-state index is 10.7. The van der Waals surface area contributed by atoms with Crippen molar-refractivity contribution in [3.63, 3.8) is 0 Å². The number of amides is 2. The highest BCUT2D eigenvalue weighted by Crippen LogP contribution is 2.19. The first-order chi connectivity index (χ1) is 6.00. The molecule has 0 aromatic heterocycles. The summed E-state index contributed by atoms with van der Waals surface area (Å²) in [7, 11) is 0. The van der Waals surface area contributed by atoms with Crippen molar-refractivity contribution in [1.29, 1.82) is 0 Å². The highest BCUT2D eigenvalue weighted by Gasteiger charge is 2.34. The predicted molar refractivity (Wildman–Crippen MR) is 42.3 cm³/mol. The second-order valence-electron chi connectivity index (χ2n) is 3.04. The third-order valence-electron chi connectivity index (χ3n) is 1.94. The number of nitrogens with two attached hydrogens (primary N) is 2. The number of rotatable bonds is 2. The molecule has 1 heterocycles. The Morgan fingerprint density at radius 2 is 1.54 bits per heavy atom. The van der Waals surface area contributed by atoms with Crippen LogP contribution in [-0.2, 0) is 14.3 Å². The molecule has 1 fully saturated rings. The van der Waals surface area contributed by atoms with Gasteiger partial charge in [0.05, 0.1) is 6.10 Å². The molecule has 0 aromatic carbocycles. The quantitative estimate of drug-likeness (QED) is 0.458. The number of ether oxygens (including phenoxy) is 1. The van der Waals surface area contributed by atoms with Gasteiger partial charge in [-0.15, -0.1) is 0 Å². The van der Waals surface area contributed by atoms with Crippen LogP contribution in [0.15, 0.2) is 0 Å². The van der Waals surface area contributed by atoms with E-state index in [1.807, 2.05) is 0 Å². The number of primary amides is 2. The zero-order chi connectivity index (χ0) is 10.0. The van der Waals surface area contributed by atoms with Crippen molar-refractivity contribution in [3.8, 4) is 0 Å². The van der Waals surface area contributed by atoms with Crippen LogP contribution in [0, 0.1) is 0 Å². The summed E-state index contributed by atoms with van der Waals surface area (Å²) < 4.78 is 4.97. The zero-order valence-electron chi connectivity index (χ0n) is 6.97. The molecule has 2 amide bonds. The van der Waals surface area contributed by atoms with Crippen LogP contribution in [0.25, 0.3) is 0 Å². The molecule has 3 atom stereocenters. The summed E-state index contributed by atoms with van der Waals surface area (Å²) in [4.78, 5) is 21.4. The van der Waals surface area contributed by atoms with E-state index in [0.29, 0.717) is 0 Å². The molecule has 5 N–H and O–H groups in total. The number of hydrogen-bond donors (Lipinski definition) is 3. The minimum absolute atomic E-state index is 0.124. The third-order valence-corrected chi connectivity index (χ3v) is 1.94. The van der Waals surface area contributed by atoms with Crippen molar-refractivity contribution in [2.24, 2.45) is 11.5 Å². The standard InChI is InChI=1S/C7H12N2O4/c8-6(11)4-1-3(10)2-5(13-4)7(9)12/h3-5,10H,1-2H2,(H2,8,11)(H2,9,12)/t3?,4-,5+. The van der Waals surface area contributed by atoms with E-state index in [9.17, 15) is 14.7 Å². The van der Waals surface area contributed by atoms with Gasteiger partial charge in [0.25, 0.3) is 0 Å². The predicted octanol–water partition coefficient (Wildman–Crippen LogP) is -2.13. The van der Waals surface area contributed by atoms with E-state index in [-0.39, 0.29) is 12.8 Å². The van der Waals surface area contributed by atoms with Gasteiger partial charge in [0.15, 0.2) is 0 Å². The SMILES string of the molecule is NC(=O)[C@@H]1CC(O)C[C@H](C(N)=O)O1. The minimum atomic E-state index is -0.916. The van der Waals surface area contributed by atoms with Gasteiger partial charge in [-0.05, 0) is 0 Å². The maximum Gasteiger partial charge on any atom is 0.246 e. The van der Waals surface area contributed by atoms with Crippen LogP contribution in [0.3, 0.4) is 0 Å². The summed E-state index contributed by atoms with van der Waals surface area (Å²) in [6.45, 7) is 0. The first-order valence-corrected chi connectivity index (χ1v) is 3.93. The summed E-state index contributed by atoms with van der Waals surface area (Å²) in [5.74, 6) is -1.38. The minimum Gasteiger partial charge on any atom is -0.393 e. The summed E-state index contributed by atoms with van der Waals surface area (Å²) in [5.41, 5.74) is 9.93. The molecule has 0 bridgehead atoms. The van der Waals surface area contributed by atoms with Gasteiger partial charge in [-0.1, -0.05) is 0 Å². The third kappa shape index (κ3) is 2.40. The van der Waals surface area contributed by atoms with Crippen molar-refractivity contribution >= 4 is 11.8 Å². The molecule has 0 aliphatic carbocycles. The molecule has 1 unspecified atom stereocenters. The van der Waals surface area contributed by atoms with Gasteiger partial charge in [0, 0.05) is 12.8 Å². The fourth-order valence-electron chi connectivity index (χ4n) is 1.27. The molecular weight excluding hydrogens is 176 g/mol. The van der Waals surface area contributed by atoms with Gasteiger partial charge in [0.2, 0.25) is 11.8 Å². The number of hydrogen-bond acceptors (Lipinski definition) is 4. The normalized spacial score (nSPS) is 34.1. The smallest absolute Gasteiger partial charge is 0.246 e. The lowest BCUT2D eigenvalue weighted by molar-refractivity contribution is -0.156. The Balaban J connectivity index is 2.62. The Bertz CT molecular complexity index is 209. The molecule has 1 rings (SSSR count). The van der Waals surface area contributed by atoms with E-state index in [2.05, 4.69) is 0 Å². The maximum atomic E-state index is 10.7. The van der Waals surface area contributed by atoms with Crippen LogP contribution in [0.2, 0.25) is 0 Å². The molecule has 1 aliphatic rings. The van der Waals surface area contributed by atoms with Gasteiger partial charge in [0.1, 0.15) is 12.2 Å². The molecular formula is C7H12N2O4. The lowest BCUT2D eigenvalue weighted by atomic mass is 10.0. The second-order valence-corrected chi connectivity index (χ2v) is 3.04.